The van der Waals surface area contributed by atoms with Crippen LogP contribution in [-0.4, -0.2) is 20.2 Å². The number of methoxy groups -OCH3 is 1. The van der Waals surface area contributed by atoms with Crippen LogP contribution in [0.3, 0.4) is 0 Å². The van der Waals surface area contributed by atoms with Crippen molar-refractivity contribution in [3.8, 4) is 5.75 Å². The topological polar surface area (TPSA) is 38.5 Å². The number of hydrogen-bond acceptors (Lipinski definition) is 3. The summed E-state index contributed by atoms with van der Waals surface area (Å²) in [5.74, 6) is 2.43. The first kappa shape index (κ1) is 14.2. The number of benzene rings is 1. The van der Waals surface area contributed by atoms with Crippen molar-refractivity contribution in [3.05, 3.63) is 23.8 Å². The Hall–Kier alpha value is -1.22. The standard InChI is InChI=1S/C16H26N2O/c1-11-8-9-18(10-12(11)2)14-6-5-7-15(19-4)16(14)13(3)17/h5-7,11-13H,8-10,17H2,1-4H3/t11?,12?,13-/m0/s1. The average molecular weight is 262 g/mol. The highest BCUT2D eigenvalue weighted by molar-refractivity contribution is 5.61. The van der Waals surface area contributed by atoms with Crippen molar-refractivity contribution in [2.24, 2.45) is 17.6 Å². The van der Waals surface area contributed by atoms with Crippen LogP contribution in [0.2, 0.25) is 0 Å². The molecule has 106 valence electrons. The molecule has 0 radical (unpaired) electrons. The summed E-state index contributed by atoms with van der Waals surface area (Å²) in [5, 5.41) is 0. The van der Waals surface area contributed by atoms with E-state index < -0.39 is 0 Å². The van der Waals surface area contributed by atoms with Gasteiger partial charge in [-0.25, -0.2) is 0 Å². The Kier molecular flexibility index (Phi) is 4.35. The van der Waals surface area contributed by atoms with Crippen LogP contribution in [0.1, 0.15) is 38.8 Å². The minimum Gasteiger partial charge on any atom is -0.496 e. The molecule has 2 rings (SSSR count). The van der Waals surface area contributed by atoms with Crippen LogP contribution >= 0.6 is 0 Å². The monoisotopic (exact) mass is 262 g/mol. The maximum Gasteiger partial charge on any atom is 0.125 e. The van der Waals surface area contributed by atoms with Crippen molar-refractivity contribution in [3.63, 3.8) is 0 Å². The maximum absolute atomic E-state index is 6.15. The predicted molar refractivity (Wildman–Crippen MR) is 80.8 cm³/mol. The van der Waals surface area contributed by atoms with E-state index in [-0.39, 0.29) is 6.04 Å². The van der Waals surface area contributed by atoms with Crippen molar-refractivity contribution >= 4 is 5.69 Å². The molecule has 1 aliphatic rings. The van der Waals surface area contributed by atoms with Gasteiger partial charge in [0.2, 0.25) is 0 Å². The lowest BCUT2D eigenvalue weighted by atomic mass is 9.88. The van der Waals surface area contributed by atoms with Gasteiger partial charge >= 0.3 is 0 Å². The number of anilines is 1. The number of piperidine rings is 1. The van der Waals surface area contributed by atoms with Gasteiger partial charge in [0.1, 0.15) is 5.75 Å². The summed E-state index contributed by atoms with van der Waals surface area (Å²) >= 11 is 0. The molecule has 0 spiro atoms. The molecule has 0 amide bonds. The van der Waals surface area contributed by atoms with E-state index in [0.29, 0.717) is 0 Å². The molecule has 1 heterocycles. The maximum atomic E-state index is 6.15. The Morgan fingerprint density at radius 3 is 2.63 bits per heavy atom. The molecule has 19 heavy (non-hydrogen) atoms. The van der Waals surface area contributed by atoms with Gasteiger partial charge in [0.25, 0.3) is 0 Å². The summed E-state index contributed by atoms with van der Waals surface area (Å²) in [6.45, 7) is 8.92. The van der Waals surface area contributed by atoms with Gasteiger partial charge in [-0.1, -0.05) is 19.9 Å². The number of ether oxygens (including phenoxy) is 1. The molecule has 1 aromatic carbocycles. The van der Waals surface area contributed by atoms with Gasteiger partial charge < -0.3 is 15.4 Å². The Balaban J connectivity index is 2.34. The largest absolute Gasteiger partial charge is 0.496 e. The number of nitrogens with zero attached hydrogens (tertiary/aromatic N) is 1. The van der Waals surface area contributed by atoms with Gasteiger partial charge in [0, 0.05) is 30.4 Å². The van der Waals surface area contributed by atoms with E-state index >= 15 is 0 Å². The molecule has 0 aliphatic carbocycles. The summed E-state index contributed by atoms with van der Waals surface area (Å²) in [6.07, 6.45) is 1.25. The normalized spacial score (nSPS) is 25.2. The fourth-order valence-electron chi connectivity index (χ4n) is 2.93. The van der Waals surface area contributed by atoms with Crippen LogP contribution in [0.25, 0.3) is 0 Å². The van der Waals surface area contributed by atoms with Crippen molar-refractivity contribution in [2.45, 2.75) is 33.2 Å². The van der Waals surface area contributed by atoms with Gasteiger partial charge in [-0.15, -0.1) is 0 Å². The molecule has 0 aromatic heterocycles. The van der Waals surface area contributed by atoms with Crippen LogP contribution in [0.4, 0.5) is 5.69 Å². The number of nitrogens with two attached hydrogens (primary N) is 1. The van der Waals surface area contributed by atoms with Crippen LogP contribution in [0, 0.1) is 11.8 Å². The Labute approximate surface area is 116 Å². The molecule has 0 saturated carbocycles. The second-order valence-electron chi connectivity index (χ2n) is 5.87. The molecular weight excluding hydrogens is 236 g/mol. The third-order valence-electron chi connectivity index (χ3n) is 4.39. The van der Waals surface area contributed by atoms with E-state index in [9.17, 15) is 0 Å². The number of hydrogen-bond donors (Lipinski definition) is 1. The fraction of sp³-hybridized carbons (Fsp3) is 0.625. The first-order valence-electron chi connectivity index (χ1n) is 7.22. The second-order valence-corrected chi connectivity index (χ2v) is 5.87. The van der Waals surface area contributed by atoms with E-state index in [4.69, 9.17) is 10.5 Å². The van der Waals surface area contributed by atoms with Crippen LogP contribution in [0.5, 0.6) is 5.75 Å². The fourth-order valence-corrected chi connectivity index (χ4v) is 2.93. The summed E-state index contributed by atoms with van der Waals surface area (Å²) in [4.78, 5) is 2.46. The zero-order chi connectivity index (χ0) is 14.0. The second kappa shape index (κ2) is 5.83. The van der Waals surface area contributed by atoms with E-state index in [1.807, 2.05) is 13.0 Å². The highest BCUT2D eigenvalue weighted by Gasteiger charge is 2.25. The third-order valence-corrected chi connectivity index (χ3v) is 4.39. The molecule has 2 N–H and O–H groups in total. The molecule has 1 aromatic rings. The summed E-state index contributed by atoms with van der Waals surface area (Å²) in [6, 6.07) is 6.21. The molecule has 1 saturated heterocycles. The van der Waals surface area contributed by atoms with Gasteiger partial charge in [-0.05, 0) is 37.3 Å². The molecule has 1 aliphatic heterocycles. The van der Waals surface area contributed by atoms with E-state index in [2.05, 4.69) is 30.9 Å². The summed E-state index contributed by atoms with van der Waals surface area (Å²) < 4.78 is 5.48. The van der Waals surface area contributed by atoms with Gasteiger partial charge in [-0.2, -0.15) is 0 Å². The van der Waals surface area contributed by atoms with Crippen LogP contribution in [-0.2, 0) is 0 Å². The minimum absolute atomic E-state index is 0.0131. The van der Waals surface area contributed by atoms with Gasteiger partial charge in [0.05, 0.1) is 7.11 Å². The van der Waals surface area contributed by atoms with Gasteiger partial charge in [0.15, 0.2) is 0 Å². The average Bonchev–Trinajstić information content (AvgIpc) is 2.40. The predicted octanol–water partition coefficient (Wildman–Crippen LogP) is 3.20. The third kappa shape index (κ3) is 2.86. The molecule has 3 nitrogen and oxygen atoms in total. The Morgan fingerprint density at radius 1 is 1.32 bits per heavy atom. The van der Waals surface area contributed by atoms with E-state index in [1.54, 1.807) is 7.11 Å². The van der Waals surface area contributed by atoms with E-state index in [0.717, 1.165) is 36.2 Å². The lowest BCUT2D eigenvalue weighted by Gasteiger charge is -2.38. The highest BCUT2D eigenvalue weighted by atomic mass is 16.5. The molecule has 3 heteroatoms. The van der Waals surface area contributed by atoms with Crippen molar-refractivity contribution in [1.82, 2.24) is 0 Å². The zero-order valence-corrected chi connectivity index (χ0v) is 12.5. The van der Waals surface area contributed by atoms with Crippen LogP contribution < -0.4 is 15.4 Å². The molecular formula is C16H26N2O. The molecule has 0 bridgehead atoms. The first-order chi connectivity index (χ1) is 9.04. The molecule has 1 fully saturated rings. The number of rotatable bonds is 3. The van der Waals surface area contributed by atoms with E-state index in [1.165, 1.54) is 12.1 Å². The lowest BCUT2D eigenvalue weighted by Crippen LogP contribution is -2.39. The first-order valence-corrected chi connectivity index (χ1v) is 7.22. The van der Waals surface area contributed by atoms with Gasteiger partial charge in [-0.3, -0.25) is 0 Å². The Morgan fingerprint density at radius 2 is 2.05 bits per heavy atom. The van der Waals surface area contributed by atoms with Crippen LogP contribution in [0.15, 0.2) is 18.2 Å². The summed E-state index contributed by atoms with van der Waals surface area (Å²) in [7, 11) is 1.71. The van der Waals surface area contributed by atoms with Crippen molar-refractivity contribution in [2.75, 3.05) is 25.1 Å². The smallest absolute Gasteiger partial charge is 0.125 e. The minimum atomic E-state index is -0.0131. The lowest BCUT2D eigenvalue weighted by molar-refractivity contribution is 0.323. The Bertz CT molecular complexity index is 431. The SMILES string of the molecule is COc1cccc(N2CCC(C)C(C)C2)c1[C@H](C)N. The molecule has 3 atom stereocenters. The molecule has 2 unspecified atom stereocenters. The van der Waals surface area contributed by atoms with Crippen molar-refractivity contribution in [1.29, 1.82) is 0 Å². The highest BCUT2D eigenvalue weighted by Crippen LogP contribution is 2.36. The van der Waals surface area contributed by atoms with Crippen molar-refractivity contribution < 1.29 is 4.74 Å². The zero-order valence-electron chi connectivity index (χ0n) is 12.5. The quantitative estimate of drug-likeness (QED) is 0.909. The summed E-state index contributed by atoms with van der Waals surface area (Å²) in [5.41, 5.74) is 8.53.